The first kappa shape index (κ1) is 100. The van der Waals surface area contributed by atoms with Gasteiger partial charge >= 0.3 is 0 Å². The van der Waals surface area contributed by atoms with E-state index in [-0.39, 0.29) is 112 Å². The number of halogens is 4. The number of imidazole rings is 5. The third-order valence-electron chi connectivity index (χ3n) is 26.4. The number of nitrogens with one attached hydrogen (secondary N) is 2. The Morgan fingerprint density at radius 1 is 0.345 bits per heavy atom. The Balaban J connectivity index is 0.000000132. The van der Waals surface area contributed by atoms with Gasteiger partial charge in [-0.3, -0.25) is 48.4 Å². The van der Waals surface area contributed by atoms with Crippen LogP contribution >= 0.6 is 0 Å². The number of aliphatic imine (C=N–C) groups is 2. The summed E-state index contributed by atoms with van der Waals surface area (Å²) in [6.45, 7) is 36.9. The Labute approximate surface area is 832 Å². The van der Waals surface area contributed by atoms with Crippen molar-refractivity contribution in [2.45, 2.75) is 157 Å². The highest BCUT2D eigenvalue weighted by Gasteiger charge is 2.46. The number of benzene rings is 4. The minimum atomic E-state index is -0.624. The van der Waals surface area contributed by atoms with Crippen molar-refractivity contribution >= 4 is 81.9 Å². The normalized spacial score (nSPS) is 16.0. The van der Waals surface area contributed by atoms with E-state index in [1.165, 1.54) is 61.1 Å². The number of H-pyrrole nitrogens is 2. The summed E-state index contributed by atoms with van der Waals surface area (Å²) in [5.74, 6) is -1.81. The topological polar surface area (TPSA) is 391 Å². The fourth-order valence-electron chi connectivity index (χ4n) is 18.8. The largest absolute Gasteiger partial charge is 0.341 e. The number of hydrogen-bond acceptors (Lipinski definition) is 22. The van der Waals surface area contributed by atoms with Crippen LogP contribution in [0.15, 0.2) is 199 Å². The van der Waals surface area contributed by atoms with Crippen LogP contribution in [0.3, 0.4) is 0 Å². The van der Waals surface area contributed by atoms with Gasteiger partial charge in [-0.05, 0) is 213 Å². The van der Waals surface area contributed by atoms with Gasteiger partial charge in [0, 0.05) is 154 Å². The molecule has 8 amide bonds. The highest BCUT2D eigenvalue weighted by molar-refractivity contribution is 6.40. The molecule has 40 heteroatoms. The molecule has 5 aliphatic rings. The van der Waals surface area contributed by atoms with Crippen LogP contribution in [0.4, 0.5) is 17.6 Å². The van der Waals surface area contributed by atoms with Gasteiger partial charge in [0.1, 0.15) is 63.8 Å². The van der Waals surface area contributed by atoms with Crippen LogP contribution in [0.25, 0.3) is 67.6 Å². The van der Waals surface area contributed by atoms with Crippen LogP contribution in [0.2, 0.25) is 0 Å². The molecule has 4 saturated heterocycles. The highest BCUT2D eigenvalue weighted by atomic mass is 19.1. The van der Waals surface area contributed by atoms with Crippen LogP contribution in [-0.4, -0.2) is 294 Å². The minimum Gasteiger partial charge on any atom is -0.341 e. The molecule has 15 aromatic rings. The highest BCUT2D eigenvalue weighted by Crippen LogP contribution is 2.37. The fourth-order valence-corrected chi connectivity index (χ4v) is 18.8. The molecule has 0 aliphatic carbocycles. The summed E-state index contributed by atoms with van der Waals surface area (Å²) in [6, 6.07) is 35.7. The maximum atomic E-state index is 13.7. The average molecular weight is 1970 g/mol. The number of amidine groups is 1. The first-order valence-electron chi connectivity index (χ1n) is 48.0. The number of carbonyl (C=O) groups excluding carboxylic acids is 8. The van der Waals surface area contributed by atoms with E-state index in [2.05, 4.69) is 136 Å². The van der Waals surface area contributed by atoms with Crippen LogP contribution < -0.4 is 0 Å². The molecule has 0 saturated carbocycles. The molecular formula is C105H112F4N28O8. The van der Waals surface area contributed by atoms with Gasteiger partial charge in [0.05, 0.1) is 76.3 Å². The van der Waals surface area contributed by atoms with Crippen LogP contribution in [0.1, 0.15) is 230 Å². The molecule has 4 aromatic carbocycles. The Kier molecular flexibility index (Phi) is 28.1. The second kappa shape index (κ2) is 40.6. The first-order chi connectivity index (χ1) is 69.0. The Bertz CT molecular complexity index is 7260. The molecule has 11 aromatic heterocycles. The van der Waals surface area contributed by atoms with E-state index in [4.69, 9.17) is 0 Å². The molecule has 0 bridgehead atoms. The van der Waals surface area contributed by atoms with E-state index in [9.17, 15) is 55.9 Å². The molecule has 0 unspecified atom stereocenters. The second-order valence-corrected chi connectivity index (χ2v) is 40.1. The zero-order chi connectivity index (χ0) is 103. The second-order valence-electron chi connectivity index (χ2n) is 40.1. The zero-order valence-corrected chi connectivity index (χ0v) is 83.4. The van der Waals surface area contributed by atoms with Crippen molar-refractivity contribution in [3.63, 3.8) is 0 Å². The molecule has 4 fully saturated rings. The summed E-state index contributed by atoms with van der Waals surface area (Å²) in [6.07, 6.45) is 15.8. The van der Waals surface area contributed by atoms with Crippen LogP contribution in [0.5, 0.6) is 0 Å². The monoisotopic (exact) mass is 1970 g/mol. The standard InChI is InChI=1S/C27H28FN7O2.3C26H28FN7O2/c1-17(2)20-13-22(18-5-7-19(28)8-6-18)32-35-14-23(31-24(20)35)26(37)34-12-11-33(15-27(34,3)4)25(36)21-9-10-29-16-30-21;2*1-16(2)19-13-20(17-5-7-18(27)8-6-17)31-34-14-21(30-23(19)34)24(35)33-12-11-32(15-26(33,3)4)25(36)22-28-9-10-29-22;1-16(2)19-13-21(17-5-7-18(27)8-6-17)31-34-14-22(29-23(19)34)25(36)33-12-11-32(15-26(33,3)4)24(35)20-9-10-28-30-20/h5-10,13-14,16-17H,11-12,15H2,1-4H3;5-9,13-14,16H,10-12,15H2,1-4H3;5-10,13-14,16H,11-12,15H2,1-4H3,(H,28,29);5-10,13-14,16H,11-12,15H2,1-4H3,(H,28,30). The third-order valence-corrected chi connectivity index (χ3v) is 26.4. The number of piperazine rings is 4. The van der Waals surface area contributed by atoms with E-state index >= 15 is 0 Å². The summed E-state index contributed by atoms with van der Waals surface area (Å²) in [7, 11) is 0. The lowest BCUT2D eigenvalue weighted by Gasteiger charge is -2.46. The number of fused-ring (bicyclic) bond motifs is 4. The van der Waals surface area contributed by atoms with Gasteiger partial charge in [0.15, 0.2) is 28.4 Å². The molecule has 5 aliphatic heterocycles. The average Bonchev–Trinajstić information content (AvgIpc) is 1.69. The summed E-state index contributed by atoms with van der Waals surface area (Å²) in [4.78, 5) is 161. The zero-order valence-electron chi connectivity index (χ0n) is 83.4. The molecule has 2 N–H and O–H groups in total. The number of nitrogens with zero attached hydrogens (tertiary/aromatic N) is 26. The van der Waals surface area contributed by atoms with Crippen molar-refractivity contribution in [2.24, 2.45) is 9.98 Å². The Hall–Kier alpha value is -16.3. The van der Waals surface area contributed by atoms with Crippen molar-refractivity contribution in [2.75, 3.05) is 85.1 Å². The fraction of sp³-hybridized carbons (Fsp3) is 0.352. The number of carbonyl (C=O) groups is 8. The van der Waals surface area contributed by atoms with Crippen molar-refractivity contribution in [1.82, 2.24) is 128 Å². The van der Waals surface area contributed by atoms with Gasteiger partial charge < -0.3 is 44.2 Å². The van der Waals surface area contributed by atoms with Crippen molar-refractivity contribution < 1.29 is 55.9 Å². The smallest absolute Gasteiger partial charge is 0.291 e. The SMILES string of the molecule is CC(C)c1cc(-c2ccc(F)cc2)nn2cc(C(=O)N3CCN(C(=O)C4=NCC=N4)CC3(C)C)nc12.CC(C)c1cc(-c2ccc(F)cc2)nn2cc(C(=O)N3CCN(C(=O)c4ccn[nH]4)CC3(C)C)nc12.CC(C)c1cc(-c2ccc(F)cc2)nn2cc(C(=O)N3CCN(C(=O)c4ccncn4)CC3(C)C)nc12.CC(C)c1cc(-c2ccc(F)cc2)nn2cc(C(=O)N3CCN(C(=O)c4ncc[nH]4)CC3(C)C)nc12. The van der Waals surface area contributed by atoms with E-state index < -0.39 is 22.2 Å². The minimum absolute atomic E-state index is 0.128. The summed E-state index contributed by atoms with van der Waals surface area (Å²) in [5.41, 5.74) is 11.5. The number of aromatic nitrogens is 18. The molecule has 20 rings (SSSR count). The third kappa shape index (κ3) is 21.2. The van der Waals surface area contributed by atoms with Crippen molar-refractivity contribution in [3.05, 3.63) is 275 Å². The lowest BCUT2D eigenvalue weighted by atomic mass is 9.98. The van der Waals surface area contributed by atoms with Gasteiger partial charge in [0.2, 0.25) is 5.84 Å². The number of hydrogen-bond donors (Lipinski definition) is 2. The summed E-state index contributed by atoms with van der Waals surface area (Å²) >= 11 is 0. The van der Waals surface area contributed by atoms with Crippen molar-refractivity contribution in [3.8, 4) is 45.0 Å². The molecule has 0 atom stereocenters. The van der Waals surface area contributed by atoms with Gasteiger partial charge in [-0.1, -0.05) is 55.4 Å². The predicted octanol–water partition coefficient (Wildman–Crippen LogP) is 14.5. The van der Waals surface area contributed by atoms with E-state index in [0.717, 1.165) is 44.5 Å². The van der Waals surface area contributed by atoms with Crippen LogP contribution in [-0.2, 0) is 4.79 Å². The van der Waals surface area contributed by atoms with E-state index in [1.54, 1.807) is 168 Å². The quantitative estimate of drug-likeness (QED) is 0.0848. The first-order valence-corrected chi connectivity index (χ1v) is 48.0. The Morgan fingerprint density at radius 3 is 0.931 bits per heavy atom. The number of aromatic amines is 2. The summed E-state index contributed by atoms with van der Waals surface area (Å²) in [5, 5.41) is 25.2. The predicted molar refractivity (Wildman–Crippen MR) is 535 cm³/mol. The maximum absolute atomic E-state index is 13.7. The number of rotatable bonds is 16. The maximum Gasteiger partial charge on any atom is 0.291 e. The molecule has 748 valence electrons. The van der Waals surface area contributed by atoms with E-state index in [1.807, 2.05) is 79.7 Å². The van der Waals surface area contributed by atoms with Gasteiger partial charge in [-0.15, -0.1) is 0 Å². The van der Waals surface area contributed by atoms with E-state index in [0.29, 0.717) is 159 Å². The molecule has 145 heavy (non-hydrogen) atoms. The van der Waals surface area contributed by atoms with Gasteiger partial charge in [0.25, 0.3) is 47.3 Å². The van der Waals surface area contributed by atoms with Crippen LogP contribution in [0, 0.1) is 23.3 Å². The Morgan fingerprint density at radius 2 is 0.662 bits per heavy atom. The molecular weight excluding hydrogens is 1860 g/mol. The van der Waals surface area contributed by atoms with Crippen molar-refractivity contribution in [1.29, 1.82) is 0 Å². The lowest BCUT2D eigenvalue weighted by Crippen LogP contribution is -2.62. The molecule has 0 radical (unpaired) electrons. The molecule has 36 nitrogen and oxygen atoms in total. The summed E-state index contributed by atoms with van der Waals surface area (Å²) < 4.78 is 60.3. The molecule has 0 spiro atoms. The lowest BCUT2D eigenvalue weighted by molar-refractivity contribution is -0.128. The number of amides is 8. The van der Waals surface area contributed by atoms with Gasteiger partial charge in [-0.25, -0.2) is 75.5 Å². The van der Waals surface area contributed by atoms with Gasteiger partial charge in [-0.2, -0.15) is 25.5 Å². The molecule has 16 heterocycles.